The van der Waals surface area contributed by atoms with Crippen molar-refractivity contribution in [2.45, 2.75) is 51.6 Å². The number of hydrogen-bond acceptors (Lipinski definition) is 3. The fourth-order valence-corrected chi connectivity index (χ4v) is 4.04. The number of aliphatic imine (C=N–C) groups is 1. The maximum absolute atomic E-state index is 14.7. The van der Waals surface area contributed by atoms with Crippen LogP contribution in [0.2, 0.25) is 0 Å². The van der Waals surface area contributed by atoms with Crippen LogP contribution in [0, 0.1) is 5.82 Å². The summed E-state index contributed by atoms with van der Waals surface area (Å²) >= 11 is 0. The van der Waals surface area contributed by atoms with Gasteiger partial charge >= 0.3 is 0 Å². The molecule has 2 aliphatic rings. The minimum absolute atomic E-state index is 0.130. The molecule has 1 aliphatic carbocycles. The van der Waals surface area contributed by atoms with Gasteiger partial charge in [0.2, 0.25) is 0 Å². The van der Waals surface area contributed by atoms with Gasteiger partial charge in [0.1, 0.15) is 5.82 Å². The SMILES string of the molecule is CCN1CCN(c2ccc(CNC(=NC)NC3CCCCC3)cc2F)CC1. The van der Waals surface area contributed by atoms with Crippen LogP contribution in [0.5, 0.6) is 0 Å². The van der Waals surface area contributed by atoms with Crippen molar-refractivity contribution >= 4 is 11.6 Å². The van der Waals surface area contributed by atoms with Crippen molar-refractivity contribution in [3.05, 3.63) is 29.6 Å². The zero-order chi connectivity index (χ0) is 19.1. The third-order valence-corrected chi connectivity index (χ3v) is 5.80. The molecular weight excluding hydrogens is 341 g/mol. The van der Waals surface area contributed by atoms with E-state index in [-0.39, 0.29) is 5.82 Å². The smallest absolute Gasteiger partial charge is 0.191 e. The number of likely N-dealkylation sites (N-methyl/N-ethyl adjacent to an activating group) is 1. The van der Waals surface area contributed by atoms with Gasteiger partial charge in [-0.25, -0.2) is 4.39 Å². The summed E-state index contributed by atoms with van der Waals surface area (Å²) < 4.78 is 14.7. The summed E-state index contributed by atoms with van der Waals surface area (Å²) in [6.45, 7) is 7.60. The van der Waals surface area contributed by atoms with Gasteiger partial charge in [-0.15, -0.1) is 0 Å². The van der Waals surface area contributed by atoms with Gasteiger partial charge in [-0.2, -0.15) is 0 Å². The Morgan fingerprint density at radius 1 is 1.15 bits per heavy atom. The summed E-state index contributed by atoms with van der Waals surface area (Å²) in [5.74, 6) is 0.677. The monoisotopic (exact) mass is 375 g/mol. The predicted octanol–water partition coefficient (Wildman–Crippen LogP) is 2.97. The number of piperazine rings is 1. The Labute approximate surface area is 163 Å². The van der Waals surface area contributed by atoms with Crippen LogP contribution in [-0.2, 0) is 6.54 Å². The Balaban J connectivity index is 1.52. The van der Waals surface area contributed by atoms with Gasteiger partial charge in [-0.1, -0.05) is 32.3 Å². The first-order chi connectivity index (χ1) is 13.2. The lowest BCUT2D eigenvalue weighted by Crippen LogP contribution is -2.46. The van der Waals surface area contributed by atoms with Crippen LogP contribution in [-0.4, -0.2) is 56.7 Å². The predicted molar refractivity (Wildman–Crippen MR) is 111 cm³/mol. The van der Waals surface area contributed by atoms with E-state index in [1.807, 2.05) is 12.1 Å². The molecule has 27 heavy (non-hydrogen) atoms. The molecule has 0 aromatic heterocycles. The average Bonchev–Trinajstić information content (AvgIpc) is 2.72. The highest BCUT2D eigenvalue weighted by Gasteiger charge is 2.19. The van der Waals surface area contributed by atoms with Gasteiger partial charge in [-0.3, -0.25) is 4.99 Å². The largest absolute Gasteiger partial charge is 0.367 e. The topological polar surface area (TPSA) is 42.9 Å². The fourth-order valence-electron chi connectivity index (χ4n) is 4.04. The number of benzene rings is 1. The van der Waals surface area contributed by atoms with Crippen molar-refractivity contribution < 1.29 is 4.39 Å². The first kappa shape index (κ1) is 19.9. The lowest BCUT2D eigenvalue weighted by Gasteiger charge is -2.35. The Hall–Kier alpha value is -1.82. The molecule has 1 aromatic carbocycles. The van der Waals surface area contributed by atoms with Crippen molar-refractivity contribution in [1.29, 1.82) is 0 Å². The zero-order valence-corrected chi connectivity index (χ0v) is 16.8. The molecule has 0 unspecified atom stereocenters. The molecule has 0 spiro atoms. The van der Waals surface area contributed by atoms with E-state index in [0.717, 1.165) is 49.9 Å². The summed E-state index contributed by atoms with van der Waals surface area (Å²) in [4.78, 5) is 8.87. The third kappa shape index (κ3) is 5.58. The molecule has 0 bridgehead atoms. The van der Waals surface area contributed by atoms with Crippen molar-refractivity contribution in [3.63, 3.8) is 0 Å². The number of halogens is 1. The molecule has 1 saturated carbocycles. The highest BCUT2D eigenvalue weighted by atomic mass is 19.1. The maximum atomic E-state index is 14.7. The summed E-state index contributed by atoms with van der Waals surface area (Å²) in [6.07, 6.45) is 6.32. The first-order valence-electron chi connectivity index (χ1n) is 10.4. The van der Waals surface area contributed by atoms with Crippen LogP contribution >= 0.6 is 0 Å². The number of nitrogens with one attached hydrogen (secondary N) is 2. The molecule has 1 heterocycles. The van der Waals surface area contributed by atoms with Crippen LogP contribution in [0.25, 0.3) is 0 Å². The minimum Gasteiger partial charge on any atom is -0.367 e. The van der Waals surface area contributed by atoms with E-state index >= 15 is 0 Å². The molecule has 1 aromatic rings. The molecule has 2 N–H and O–H groups in total. The maximum Gasteiger partial charge on any atom is 0.191 e. The highest BCUT2D eigenvalue weighted by molar-refractivity contribution is 5.80. The molecule has 5 nitrogen and oxygen atoms in total. The highest BCUT2D eigenvalue weighted by Crippen LogP contribution is 2.22. The second kappa shape index (κ2) is 9.93. The number of rotatable bonds is 5. The number of hydrogen-bond donors (Lipinski definition) is 2. The lowest BCUT2D eigenvalue weighted by atomic mass is 9.96. The van der Waals surface area contributed by atoms with Crippen molar-refractivity contribution in [2.24, 2.45) is 4.99 Å². The summed E-state index contributed by atoms with van der Waals surface area (Å²) in [5.41, 5.74) is 1.66. The van der Waals surface area contributed by atoms with Gasteiger partial charge in [-0.05, 0) is 37.1 Å². The molecule has 3 rings (SSSR count). The number of guanidine groups is 1. The van der Waals surface area contributed by atoms with Gasteiger partial charge in [0, 0.05) is 45.8 Å². The second-order valence-corrected chi connectivity index (χ2v) is 7.61. The van der Waals surface area contributed by atoms with Crippen LogP contribution in [0.15, 0.2) is 23.2 Å². The molecule has 1 aliphatic heterocycles. The Morgan fingerprint density at radius 2 is 1.89 bits per heavy atom. The van der Waals surface area contributed by atoms with Crippen molar-refractivity contribution in [2.75, 3.05) is 44.7 Å². The summed E-state index contributed by atoms with van der Waals surface area (Å²) in [6, 6.07) is 6.10. The Bertz CT molecular complexity index is 619. The average molecular weight is 376 g/mol. The van der Waals surface area contributed by atoms with E-state index in [1.54, 1.807) is 13.1 Å². The second-order valence-electron chi connectivity index (χ2n) is 7.61. The third-order valence-electron chi connectivity index (χ3n) is 5.80. The quantitative estimate of drug-likeness (QED) is 0.613. The van der Waals surface area contributed by atoms with Crippen LogP contribution < -0.4 is 15.5 Å². The summed E-state index contributed by atoms with van der Waals surface area (Å²) in [7, 11) is 1.79. The molecule has 0 amide bonds. The summed E-state index contributed by atoms with van der Waals surface area (Å²) in [5, 5.41) is 6.82. The van der Waals surface area contributed by atoms with Gasteiger partial charge in [0.25, 0.3) is 0 Å². The van der Waals surface area contributed by atoms with Crippen LogP contribution in [0.4, 0.5) is 10.1 Å². The normalized spacial score (nSPS) is 20.0. The zero-order valence-electron chi connectivity index (χ0n) is 16.8. The molecule has 6 heteroatoms. The molecule has 0 radical (unpaired) electrons. The molecular formula is C21H34FN5. The molecule has 1 saturated heterocycles. The van der Waals surface area contributed by atoms with E-state index < -0.39 is 0 Å². The van der Waals surface area contributed by atoms with Crippen molar-refractivity contribution in [3.8, 4) is 0 Å². The molecule has 0 atom stereocenters. The van der Waals surface area contributed by atoms with Gasteiger partial charge < -0.3 is 20.4 Å². The Morgan fingerprint density at radius 3 is 2.52 bits per heavy atom. The fraction of sp³-hybridized carbons (Fsp3) is 0.667. The first-order valence-corrected chi connectivity index (χ1v) is 10.4. The van der Waals surface area contributed by atoms with E-state index in [0.29, 0.717) is 12.6 Å². The van der Waals surface area contributed by atoms with E-state index in [4.69, 9.17) is 0 Å². The van der Waals surface area contributed by atoms with Crippen LogP contribution in [0.3, 0.4) is 0 Å². The lowest BCUT2D eigenvalue weighted by molar-refractivity contribution is 0.270. The van der Waals surface area contributed by atoms with E-state index in [2.05, 4.69) is 32.3 Å². The Kier molecular flexibility index (Phi) is 7.33. The standard InChI is InChI=1S/C21H34FN5/c1-3-26-11-13-27(14-12-26)20-10-9-17(15-19(20)22)16-24-21(23-2)25-18-7-5-4-6-8-18/h9-10,15,18H,3-8,11-14,16H2,1-2H3,(H2,23,24,25). The van der Waals surface area contributed by atoms with Gasteiger partial charge in [0.05, 0.1) is 5.69 Å². The number of nitrogens with zero attached hydrogens (tertiary/aromatic N) is 3. The van der Waals surface area contributed by atoms with E-state index in [9.17, 15) is 4.39 Å². The van der Waals surface area contributed by atoms with Crippen molar-refractivity contribution in [1.82, 2.24) is 15.5 Å². The number of anilines is 1. The molecule has 2 fully saturated rings. The van der Waals surface area contributed by atoms with Crippen LogP contribution in [0.1, 0.15) is 44.6 Å². The minimum atomic E-state index is -0.130. The van der Waals surface area contributed by atoms with E-state index in [1.165, 1.54) is 32.1 Å². The molecule has 150 valence electrons. The van der Waals surface area contributed by atoms with Gasteiger partial charge in [0.15, 0.2) is 5.96 Å².